The number of hydrogen-bond donors (Lipinski definition) is 2. The van der Waals surface area contributed by atoms with Gasteiger partial charge in [0.1, 0.15) is 5.69 Å². The first kappa shape index (κ1) is 9.15. The molecule has 0 aliphatic heterocycles. The van der Waals surface area contributed by atoms with Gasteiger partial charge in [-0.2, -0.15) is 0 Å². The van der Waals surface area contributed by atoms with Crippen molar-refractivity contribution in [3.63, 3.8) is 0 Å². The molecule has 1 rings (SSSR count). The maximum atomic E-state index is 11.3. The summed E-state index contributed by atoms with van der Waals surface area (Å²) in [5.41, 5.74) is 7.43. The van der Waals surface area contributed by atoms with Crippen LogP contribution in [0.4, 0.5) is 0 Å². The van der Waals surface area contributed by atoms with E-state index in [0.29, 0.717) is 12.2 Å². The van der Waals surface area contributed by atoms with E-state index in [1.165, 1.54) is 11.3 Å². The molecule has 0 saturated carbocycles. The third-order valence-corrected chi connectivity index (χ3v) is 1.98. The summed E-state index contributed by atoms with van der Waals surface area (Å²) in [4.78, 5) is 15.1. The molecule has 4 nitrogen and oxygen atoms in total. The number of thiazole rings is 1. The fourth-order valence-corrected chi connectivity index (χ4v) is 1.21. The monoisotopic (exact) mass is 185 g/mol. The van der Waals surface area contributed by atoms with E-state index in [9.17, 15) is 4.79 Å². The average molecular weight is 185 g/mol. The first-order chi connectivity index (χ1) is 5.74. The molecule has 0 aliphatic carbocycles. The lowest BCUT2D eigenvalue weighted by molar-refractivity contribution is 0.0937. The summed E-state index contributed by atoms with van der Waals surface area (Å²) in [5, 5.41) is 4.42. The van der Waals surface area contributed by atoms with Gasteiger partial charge in [-0.3, -0.25) is 4.79 Å². The van der Waals surface area contributed by atoms with E-state index in [0.717, 1.165) is 0 Å². The van der Waals surface area contributed by atoms with Gasteiger partial charge in [0.2, 0.25) is 0 Å². The topological polar surface area (TPSA) is 68.0 Å². The Labute approximate surface area is 74.8 Å². The van der Waals surface area contributed by atoms with Gasteiger partial charge in [-0.05, 0) is 6.92 Å². The van der Waals surface area contributed by atoms with Gasteiger partial charge in [0, 0.05) is 18.0 Å². The number of amides is 1. The molecule has 5 heteroatoms. The van der Waals surface area contributed by atoms with E-state index in [4.69, 9.17) is 5.73 Å². The fourth-order valence-electron chi connectivity index (χ4n) is 0.681. The Morgan fingerprint density at radius 2 is 2.67 bits per heavy atom. The molecule has 0 saturated heterocycles. The summed E-state index contributed by atoms with van der Waals surface area (Å²) in [6.07, 6.45) is 0. The van der Waals surface area contributed by atoms with Gasteiger partial charge in [0.05, 0.1) is 5.51 Å². The Bertz CT molecular complexity index is 247. The van der Waals surface area contributed by atoms with E-state index < -0.39 is 0 Å². The highest BCUT2D eigenvalue weighted by molar-refractivity contribution is 7.07. The first-order valence-electron chi connectivity index (χ1n) is 3.63. The van der Waals surface area contributed by atoms with Gasteiger partial charge < -0.3 is 11.1 Å². The second-order valence-corrected chi connectivity index (χ2v) is 3.20. The normalized spacial score (nSPS) is 12.5. The van der Waals surface area contributed by atoms with Crippen LogP contribution in [0.3, 0.4) is 0 Å². The Morgan fingerprint density at radius 3 is 3.17 bits per heavy atom. The quantitative estimate of drug-likeness (QED) is 0.708. The SMILES string of the molecule is C[C@H](CN)NC(=O)c1cscn1. The van der Waals surface area contributed by atoms with Crippen molar-refractivity contribution in [2.75, 3.05) is 6.54 Å². The Kier molecular flexibility index (Phi) is 3.19. The van der Waals surface area contributed by atoms with Crippen LogP contribution in [-0.2, 0) is 0 Å². The molecule has 1 atom stereocenters. The van der Waals surface area contributed by atoms with E-state index >= 15 is 0 Å². The van der Waals surface area contributed by atoms with Gasteiger partial charge in [-0.15, -0.1) is 11.3 Å². The fraction of sp³-hybridized carbons (Fsp3) is 0.429. The number of nitrogens with two attached hydrogens (primary N) is 1. The summed E-state index contributed by atoms with van der Waals surface area (Å²) >= 11 is 1.40. The minimum atomic E-state index is -0.158. The molecule has 0 aromatic carbocycles. The van der Waals surface area contributed by atoms with Crippen LogP contribution in [0.25, 0.3) is 0 Å². The van der Waals surface area contributed by atoms with Crippen molar-refractivity contribution in [2.24, 2.45) is 5.73 Å². The number of carbonyl (C=O) groups excluding carboxylic acids is 1. The van der Waals surface area contributed by atoms with Crippen molar-refractivity contribution in [1.29, 1.82) is 0 Å². The van der Waals surface area contributed by atoms with Crippen LogP contribution in [0.5, 0.6) is 0 Å². The number of nitrogens with zero attached hydrogens (tertiary/aromatic N) is 1. The lowest BCUT2D eigenvalue weighted by Gasteiger charge is -2.08. The predicted molar refractivity (Wildman–Crippen MR) is 48.1 cm³/mol. The van der Waals surface area contributed by atoms with Crippen LogP contribution in [0.15, 0.2) is 10.9 Å². The molecule has 1 aromatic rings. The predicted octanol–water partition coefficient (Wildman–Crippen LogP) is 0.220. The molecule has 1 aromatic heterocycles. The molecule has 0 bridgehead atoms. The summed E-state index contributed by atoms with van der Waals surface area (Å²) < 4.78 is 0. The smallest absolute Gasteiger partial charge is 0.270 e. The third-order valence-electron chi connectivity index (χ3n) is 1.40. The zero-order valence-corrected chi connectivity index (χ0v) is 7.60. The van der Waals surface area contributed by atoms with Crippen LogP contribution in [0, 0.1) is 0 Å². The number of nitrogens with one attached hydrogen (secondary N) is 1. The second kappa shape index (κ2) is 4.18. The highest BCUT2D eigenvalue weighted by Crippen LogP contribution is 2.00. The largest absolute Gasteiger partial charge is 0.347 e. The Morgan fingerprint density at radius 1 is 1.92 bits per heavy atom. The third kappa shape index (κ3) is 2.28. The molecule has 66 valence electrons. The molecule has 0 unspecified atom stereocenters. The zero-order chi connectivity index (χ0) is 8.97. The average Bonchev–Trinajstić information content (AvgIpc) is 2.56. The summed E-state index contributed by atoms with van der Waals surface area (Å²) in [5.74, 6) is -0.158. The van der Waals surface area contributed by atoms with Crippen molar-refractivity contribution >= 4 is 17.2 Å². The van der Waals surface area contributed by atoms with E-state index in [-0.39, 0.29) is 11.9 Å². The molecule has 0 aliphatic rings. The minimum Gasteiger partial charge on any atom is -0.347 e. The van der Waals surface area contributed by atoms with E-state index in [2.05, 4.69) is 10.3 Å². The molecule has 0 spiro atoms. The lowest BCUT2D eigenvalue weighted by atomic mass is 10.3. The highest BCUT2D eigenvalue weighted by Gasteiger charge is 2.09. The van der Waals surface area contributed by atoms with Gasteiger partial charge in [0.25, 0.3) is 5.91 Å². The molecular weight excluding hydrogens is 174 g/mol. The van der Waals surface area contributed by atoms with Gasteiger partial charge in [-0.1, -0.05) is 0 Å². The van der Waals surface area contributed by atoms with Crippen molar-refractivity contribution in [2.45, 2.75) is 13.0 Å². The number of carbonyl (C=O) groups is 1. The van der Waals surface area contributed by atoms with Crippen LogP contribution in [-0.4, -0.2) is 23.5 Å². The van der Waals surface area contributed by atoms with Gasteiger partial charge in [0.15, 0.2) is 0 Å². The van der Waals surface area contributed by atoms with Crippen molar-refractivity contribution in [3.8, 4) is 0 Å². The molecular formula is C7H11N3OS. The Hall–Kier alpha value is -0.940. The first-order valence-corrected chi connectivity index (χ1v) is 4.57. The van der Waals surface area contributed by atoms with E-state index in [1.807, 2.05) is 6.92 Å². The van der Waals surface area contributed by atoms with Crippen LogP contribution >= 0.6 is 11.3 Å². The number of rotatable bonds is 3. The summed E-state index contributed by atoms with van der Waals surface area (Å²) in [6, 6.07) is -0.000741. The molecule has 0 radical (unpaired) electrons. The molecule has 1 heterocycles. The molecule has 1 amide bonds. The number of aromatic nitrogens is 1. The molecule has 0 fully saturated rings. The lowest BCUT2D eigenvalue weighted by Crippen LogP contribution is -2.37. The van der Waals surface area contributed by atoms with Gasteiger partial charge >= 0.3 is 0 Å². The summed E-state index contributed by atoms with van der Waals surface area (Å²) in [6.45, 7) is 2.29. The van der Waals surface area contributed by atoms with Crippen LogP contribution in [0.2, 0.25) is 0 Å². The maximum absolute atomic E-state index is 11.3. The second-order valence-electron chi connectivity index (χ2n) is 2.48. The van der Waals surface area contributed by atoms with Crippen molar-refractivity contribution < 1.29 is 4.79 Å². The minimum absolute atomic E-state index is 0.000741. The van der Waals surface area contributed by atoms with Crippen molar-refractivity contribution in [3.05, 3.63) is 16.6 Å². The molecule has 12 heavy (non-hydrogen) atoms. The number of hydrogen-bond acceptors (Lipinski definition) is 4. The molecule has 3 N–H and O–H groups in total. The standard InChI is InChI=1S/C7H11N3OS/c1-5(2-8)10-7(11)6-3-12-4-9-6/h3-5H,2,8H2,1H3,(H,10,11)/t5-/m1/s1. The van der Waals surface area contributed by atoms with Crippen LogP contribution in [0.1, 0.15) is 17.4 Å². The maximum Gasteiger partial charge on any atom is 0.270 e. The van der Waals surface area contributed by atoms with E-state index in [1.54, 1.807) is 10.9 Å². The Balaban J connectivity index is 2.50. The van der Waals surface area contributed by atoms with Crippen molar-refractivity contribution in [1.82, 2.24) is 10.3 Å². The van der Waals surface area contributed by atoms with Gasteiger partial charge in [-0.25, -0.2) is 4.98 Å². The highest BCUT2D eigenvalue weighted by atomic mass is 32.1. The zero-order valence-electron chi connectivity index (χ0n) is 6.78. The summed E-state index contributed by atoms with van der Waals surface area (Å²) in [7, 11) is 0. The van der Waals surface area contributed by atoms with Crippen LogP contribution < -0.4 is 11.1 Å².